The zero-order chi connectivity index (χ0) is 23.5. The van der Waals surface area contributed by atoms with E-state index in [-0.39, 0.29) is 49.0 Å². The molecule has 1 saturated heterocycles. The molecule has 0 saturated carbocycles. The topological polar surface area (TPSA) is 110 Å². The first kappa shape index (κ1) is 23.7. The summed E-state index contributed by atoms with van der Waals surface area (Å²) in [5, 5.41) is 11.2. The molecule has 0 radical (unpaired) electrons. The molecule has 10 heteroatoms. The average Bonchev–Trinajstić information content (AvgIpc) is 2.77. The van der Waals surface area contributed by atoms with Crippen LogP contribution in [0.4, 0.5) is 5.69 Å². The SMILES string of the molecule is CC(C)(C)c1ccccc1OCC(=O)N1CCN(S(=O)(=O)c2ccccc2[N+](=O)[O-])CC1. The summed E-state index contributed by atoms with van der Waals surface area (Å²) >= 11 is 0. The van der Waals surface area contributed by atoms with Crippen LogP contribution >= 0.6 is 0 Å². The van der Waals surface area contributed by atoms with E-state index < -0.39 is 20.6 Å². The molecule has 9 nitrogen and oxygen atoms in total. The van der Waals surface area contributed by atoms with E-state index in [1.54, 1.807) is 4.90 Å². The van der Waals surface area contributed by atoms with Gasteiger partial charge in [-0.05, 0) is 23.1 Å². The van der Waals surface area contributed by atoms with Gasteiger partial charge in [0.15, 0.2) is 11.5 Å². The Morgan fingerprint density at radius 1 is 1.03 bits per heavy atom. The highest BCUT2D eigenvalue weighted by Crippen LogP contribution is 2.31. The Kier molecular flexibility index (Phi) is 6.85. The lowest BCUT2D eigenvalue weighted by molar-refractivity contribution is -0.387. The molecule has 0 unspecified atom stereocenters. The summed E-state index contributed by atoms with van der Waals surface area (Å²) in [4.78, 5) is 24.4. The van der Waals surface area contributed by atoms with Gasteiger partial charge in [0, 0.05) is 32.2 Å². The smallest absolute Gasteiger partial charge is 0.289 e. The first-order chi connectivity index (χ1) is 15.0. The van der Waals surface area contributed by atoms with Crippen molar-refractivity contribution in [2.24, 2.45) is 0 Å². The van der Waals surface area contributed by atoms with E-state index >= 15 is 0 Å². The minimum absolute atomic E-state index is 0.0543. The quantitative estimate of drug-likeness (QED) is 0.483. The van der Waals surface area contributed by atoms with Crippen LogP contribution < -0.4 is 4.74 Å². The van der Waals surface area contributed by atoms with Crippen LogP contribution in [0, 0.1) is 10.1 Å². The Hall–Kier alpha value is -2.98. The number of para-hydroxylation sites is 2. The van der Waals surface area contributed by atoms with Gasteiger partial charge in [-0.1, -0.05) is 51.1 Å². The number of piperazine rings is 1. The molecule has 1 heterocycles. The number of nitrogens with zero attached hydrogens (tertiary/aromatic N) is 3. The second-order valence-electron chi connectivity index (χ2n) is 8.54. The molecule has 32 heavy (non-hydrogen) atoms. The zero-order valence-electron chi connectivity index (χ0n) is 18.4. The fraction of sp³-hybridized carbons (Fsp3) is 0.409. The van der Waals surface area contributed by atoms with Crippen LogP contribution in [-0.2, 0) is 20.2 Å². The highest BCUT2D eigenvalue weighted by atomic mass is 32.2. The molecular weight excluding hydrogens is 434 g/mol. The number of benzene rings is 2. The molecule has 0 N–H and O–H groups in total. The molecule has 1 amide bonds. The summed E-state index contributed by atoms with van der Waals surface area (Å²) in [5.74, 6) is 0.405. The molecule has 0 aromatic heterocycles. The lowest BCUT2D eigenvalue weighted by atomic mass is 9.86. The molecule has 0 atom stereocenters. The molecule has 0 aliphatic carbocycles. The summed E-state index contributed by atoms with van der Waals surface area (Å²) < 4.78 is 32.8. The van der Waals surface area contributed by atoms with Gasteiger partial charge in [0.25, 0.3) is 11.6 Å². The van der Waals surface area contributed by atoms with E-state index in [4.69, 9.17) is 4.74 Å². The number of hydrogen-bond donors (Lipinski definition) is 0. The standard InChI is InChI=1S/C22H27N3O6S/c1-22(2,3)17-8-4-6-10-19(17)31-16-21(26)23-12-14-24(15-13-23)32(29,30)20-11-7-5-9-18(20)25(27)28/h4-11H,12-16H2,1-3H3. The van der Waals surface area contributed by atoms with Crippen molar-refractivity contribution in [3.63, 3.8) is 0 Å². The van der Waals surface area contributed by atoms with E-state index in [0.717, 1.165) is 5.56 Å². The number of nitro benzene ring substituents is 1. The summed E-state index contributed by atoms with van der Waals surface area (Å²) in [6, 6.07) is 12.8. The van der Waals surface area contributed by atoms with Gasteiger partial charge in [-0.3, -0.25) is 14.9 Å². The highest BCUT2D eigenvalue weighted by molar-refractivity contribution is 7.89. The molecule has 0 bridgehead atoms. The number of rotatable bonds is 6. The van der Waals surface area contributed by atoms with Crippen molar-refractivity contribution in [3.05, 3.63) is 64.2 Å². The summed E-state index contributed by atoms with van der Waals surface area (Å²) in [5.41, 5.74) is 0.393. The Labute approximate surface area is 187 Å². The largest absolute Gasteiger partial charge is 0.483 e. The number of carbonyl (C=O) groups is 1. The normalized spacial score (nSPS) is 15.4. The predicted octanol–water partition coefficient (Wildman–Crippen LogP) is 2.80. The van der Waals surface area contributed by atoms with E-state index in [1.165, 1.54) is 28.6 Å². The molecule has 172 valence electrons. The van der Waals surface area contributed by atoms with Crippen LogP contribution in [-0.4, -0.2) is 61.2 Å². The third kappa shape index (κ3) is 5.08. The molecule has 0 spiro atoms. The van der Waals surface area contributed by atoms with Crippen molar-refractivity contribution in [2.45, 2.75) is 31.1 Å². The van der Waals surface area contributed by atoms with E-state index in [0.29, 0.717) is 5.75 Å². The maximum Gasteiger partial charge on any atom is 0.289 e. The first-order valence-electron chi connectivity index (χ1n) is 10.3. The number of amides is 1. The number of carbonyl (C=O) groups excluding carboxylic acids is 1. The lowest BCUT2D eigenvalue weighted by Crippen LogP contribution is -2.51. The van der Waals surface area contributed by atoms with Gasteiger partial charge in [0.1, 0.15) is 5.75 Å². The van der Waals surface area contributed by atoms with Crippen LogP contribution in [0.1, 0.15) is 26.3 Å². The van der Waals surface area contributed by atoms with E-state index in [1.807, 2.05) is 24.3 Å². The molecule has 1 aliphatic heterocycles. The molecular formula is C22H27N3O6S. The van der Waals surface area contributed by atoms with Gasteiger partial charge in [-0.2, -0.15) is 4.31 Å². The van der Waals surface area contributed by atoms with Gasteiger partial charge in [0.2, 0.25) is 10.0 Å². The Balaban J connectivity index is 1.63. The van der Waals surface area contributed by atoms with Crippen molar-refractivity contribution in [3.8, 4) is 5.75 Å². The third-order valence-corrected chi connectivity index (χ3v) is 7.26. The molecule has 2 aromatic rings. The molecule has 1 aliphatic rings. The van der Waals surface area contributed by atoms with Gasteiger partial charge in [-0.25, -0.2) is 8.42 Å². The maximum atomic E-state index is 12.9. The summed E-state index contributed by atoms with van der Waals surface area (Å²) in [6.45, 7) is 6.52. The van der Waals surface area contributed by atoms with E-state index in [9.17, 15) is 23.3 Å². The van der Waals surface area contributed by atoms with Crippen molar-refractivity contribution >= 4 is 21.6 Å². The number of ether oxygens (including phenoxy) is 1. The van der Waals surface area contributed by atoms with Crippen molar-refractivity contribution < 1.29 is 22.9 Å². The number of hydrogen-bond acceptors (Lipinski definition) is 6. The fourth-order valence-corrected chi connectivity index (χ4v) is 5.17. The average molecular weight is 462 g/mol. The van der Waals surface area contributed by atoms with Crippen LogP contribution in [0.25, 0.3) is 0 Å². The van der Waals surface area contributed by atoms with Crippen LogP contribution in [0.3, 0.4) is 0 Å². The fourth-order valence-electron chi connectivity index (χ4n) is 3.59. The minimum atomic E-state index is -4.04. The van der Waals surface area contributed by atoms with Gasteiger partial charge < -0.3 is 9.64 Å². The third-order valence-electron chi connectivity index (χ3n) is 5.32. The Bertz CT molecular complexity index is 1100. The monoisotopic (exact) mass is 461 g/mol. The van der Waals surface area contributed by atoms with Crippen molar-refractivity contribution in [2.75, 3.05) is 32.8 Å². The maximum absolute atomic E-state index is 12.9. The highest BCUT2D eigenvalue weighted by Gasteiger charge is 2.34. The summed E-state index contributed by atoms with van der Waals surface area (Å²) in [7, 11) is -4.04. The van der Waals surface area contributed by atoms with E-state index in [2.05, 4.69) is 20.8 Å². The van der Waals surface area contributed by atoms with Gasteiger partial charge in [0.05, 0.1) is 4.92 Å². The van der Waals surface area contributed by atoms with Crippen LogP contribution in [0.15, 0.2) is 53.4 Å². The van der Waals surface area contributed by atoms with Gasteiger partial charge in [-0.15, -0.1) is 0 Å². The predicted molar refractivity (Wildman–Crippen MR) is 119 cm³/mol. The second-order valence-corrected chi connectivity index (χ2v) is 10.5. The van der Waals surface area contributed by atoms with Crippen LogP contribution in [0.2, 0.25) is 0 Å². The zero-order valence-corrected chi connectivity index (χ0v) is 19.2. The minimum Gasteiger partial charge on any atom is -0.483 e. The number of nitro groups is 1. The second kappa shape index (κ2) is 9.25. The summed E-state index contributed by atoms with van der Waals surface area (Å²) in [6.07, 6.45) is 0. The van der Waals surface area contributed by atoms with Gasteiger partial charge >= 0.3 is 0 Å². The van der Waals surface area contributed by atoms with Crippen LogP contribution in [0.5, 0.6) is 5.75 Å². The molecule has 3 rings (SSSR count). The first-order valence-corrected chi connectivity index (χ1v) is 11.7. The molecule has 1 fully saturated rings. The molecule has 2 aromatic carbocycles. The lowest BCUT2D eigenvalue weighted by Gasteiger charge is -2.34. The Morgan fingerprint density at radius 2 is 1.62 bits per heavy atom. The van der Waals surface area contributed by atoms with Crippen molar-refractivity contribution in [1.29, 1.82) is 0 Å². The van der Waals surface area contributed by atoms with Crippen molar-refractivity contribution in [1.82, 2.24) is 9.21 Å². The Morgan fingerprint density at radius 3 is 2.25 bits per heavy atom. The number of sulfonamides is 1.